The Kier molecular flexibility index (Phi) is 5.84. The molecule has 1 N–H and O–H groups in total. The molecule has 10 heteroatoms. The summed E-state index contributed by atoms with van der Waals surface area (Å²) in [6.07, 6.45) is -1.08. The zero-order chi connectivity index (χ0) is 23.8. The van der Waals surface area contributed by atoms with E-state index < -0.39 is 17.8 Å². The Balaban J connectivity index is 1.54. The molecule has 3 aromatic rings. The molecule has 7 nitrogen and oxygen atoms in total. The molecule has 33 heavy (non-hydrogen) atoms. The molecule has 0 bridgehead atoms. The monoisotopic (exact) mass is 458 g/mol. The van der Waals surface area contributed by atoms with Crippen molar-refractivity contribution in [2.45, 2.75) is 26.4 Å². The van der Waals surface area contributed by atoms with Gasteiger partial charge >= 0.3 is 12.2 Å². The molecule has 2 aromatic heterocycles. The Morgan fingerprint density at radius 1 is 1.15 bits per heavy atom. The highest BCUT2D eigenvalue weighted by molar-refractivity contribution is 6.03. The molecule has 0 aliphatic carbocycles. The topological polar surface area (TPSA) is 76.6 Å². The number of aromatic nitrogens is 2. The zero-order valence-electron chi connectivity index (χ0n) is 18.2. The Morgan fingerprint density at radius 3 is 2.61 bits per heavy atom. The van der Waals surface area contributed by atoms with E-state index in [1.165, 1.54) is 24.3 Å². The van der Waals surface area contributed by atoms with Crippen LogP contribution in [-0.2, 0) is 12.6 Å². The number of anilines is 2. The molecule has 3 heterocycles. The molecule has 0 saturated carbocycles. The van der Waals surface area contributed by atoms with Gasteiger partial charge in [-0.25, -0.2) is 9.78 Å². The van der Waals surface area contributed by atoms with Gasteiger partial charge in [0.25, 0.3) is 0 Å². The van der Waals surface area contributed by atoms with Crippen molar-refractivity contribution in [3.8, 4) is 17.4 Å². The molecule has 2 amide bonds. The Morgan fingerprint density at radius 2 is 1.94 bits per heavy atom. The summed E-state index contributed by atoms with van der Waals surface area (Å²) in [6, 6.07) is 6.92. The number of benzene rings is 1. The normalized spacial score (nSPS) is 13.0. The van der Waals surface area contributed by atoms with Crippen LogP contribution in [0.25, 0.3) is 0 Å². The number of urea groups is 1. The van der Waals surface area contributed by atoms with Crippen LogP contribution >= 0.6 is 0 Å². The number of carbonyl (C=O) groups is 1. The van der Waals surface area contributed by atoms with Crippen LogP contribution in [0.15, 0.2) is 42.7 Å². The minimum Gasteiger partial charge on any atom is -0.496 e. The number of fused-ring (bicyclic) bond motifs is 1. The number of nitrogens with one attached hydrogen (secondary N) is 1. The van der Waals surface area contributed by atoms with E-state index in [4.69, 9.17) is 9.47 Å². The van der Waals surface area contributed by atoms with Crippen LogP contribution in [0.4, 0.5) is 29.3 Å². The van der Waals surface area contributed by atoms with E-state index in [0.29, 0.717) is 40.6 Å². The van der Waals surface area contributed by atoms with Crippen molar-refractivity contribution in [2.75, 3.05) is 23.9 Å². The van der Waals surface area contributed by atoms with E-state index in [2.05, 4.69) is 15.3 Å². The fourth-order valence-electron chi connectivity index (χ4n) is 3.61. The summed E-state index contributed by atoms with van der Waals surface area (Å²) < 4.78 is 50.9. The number of amides is 2. The van der Waals surface area contributed by atoms with Gasteiger partial charge in [-0.2, -0.15) is 13.2 Å². The summed E-state index contributed by atoms with van der Waals surface area (Å²) in [4.78, 5) is 22.6. The lowest BCUT2D eigenvalue weighted by Crippen LogP contribution is -2.33. The Hall–Kier alpha value is -3.82. The van der Waals surface area contributed by atoms with Crippen LogP contribution in [0, 0.1) is 13.8 Å². The minimum atomic E-state index is -4.60. The molecule has 172 valence electrons. The summed E-state index contributed by atoms with van der Waals surface area (Å²) in [5.74, 6) is 0.629. The number of nitrogens with zero attached hydrogens (tertiary/aromatic N) is 3. The van der Waals surface area contributed by atoms with Crippen LogP contribution in [0.3, 0.4) is 0 Å². The molecule has 1 aliphatic heterocycles. The van der Waals surface area contributed by atoms with Gasteiger partial charge < -0.3 is 14.8 Å². The Labute approximate surface area is 188 Å². The first-order chi connectivity index (χ1) is 15.7. The van der Waals surface area contributed by atoms with Crippen molar-refractivity contribution in [2.24, 2.45) is 0 Å². The van der Waals surface area contributed by atoms with Gasteiger partial charge in [-0.1, -0.05) is 0 Å². The predicted octanol–water partition coefficient (Wildman–Crippen LogP) is 5.51. The molecular formula is C23H21F3N4O3. The van der Waals surface area contributed by atoms with Crippen LogP contribution in [-0.4, -0.2) is 29.7 Å². The molecule has 1 aromatic carbocycles. The first-order valence-electron chi connectivity index (χ1n) is 10.1. The molecule has 0 saturated heterocycles. The molecule has 0 radical (unpaired) electrons. The minimum absolute atomic E-state index is 0.207. The second-order valence-electron chi connectivity index (χ2n) is 7.54. The first-order valence-corrected chi connectivity index (χ1v) is 10.1. The summed E-state index contributed by atoms with van der Waals surface area (Å²) >= 11 is 0. The lowest BCUT2D eigenvalue weighted by molar-refractivity contribution is -0.138. The number of rotatable bonds is 4. The van der Waals surface area contributed by atoms with Gasteiger partial charge in [0.2, 0.25) is 5.88 Å². The number of halogens is 3. The molecule has 0 fully saturated rings. The van der Waals surface area contributed by atoms with Gasteiger partial charge in [0.05, 0.1) is 30.3 Å². The van der Waals surface area contributed by atoms with Crippen molar-refractivity contribution in [1.82, 2.24) is 9.97 Å². The lowest BCUT2D eigenvalue weighted by Gasteiger charge is -2.21. The molecule has 0 unspecified atom stereocenters. The highest BCUT2D eigenvalue weighted by Crippen LogP contribution is 2.42. The average molecular weight is 458 g/mol. The zero-order valence-corrected chi connectivity index (χ0v) is 18.2. The number of aryl methyl sites for hydroxylation is 2. The van der Waals surface area contributed by atoms with Crippen molar-refractivity contribution in [3.63, 3.8) is 0 Å². The van der Waals surface area contributed by atoms with Crippen molar-refractivity contribution in [1.29, 1.82) is 0 Å². The van der Waals surface area contributed by atoms with Gasteiger partial charge in [-0.15, -0.1) is 0 Å². The van der Waals surface area contributed by atoms with Gasteiger partial charge in [-0.05, 0) is 55.7 Å². The highest BCUT2D eigenvalue weighted by atomic mass is 19.4. The number of pyridine rings is 2. The van der Waals surface area contributed by atoms with Crippen LogP contribution in [0.5, 0.6) is 17.4 Å². The van der Waals surface area contributed by atoms with E-state index in [1.54, 1.807) is 31.3 Å². The van der Waals surface area contributed by atoms with Gasteiger partial charge in [-0.3, -0.25) is 9.88 Å². The SMILES string of the molecule is COc1cc2c(cc1C(F)(F)F)N(C(=O)Nc1cnc(Oc3cccnc3C)cc1C)CC2. The summed E-state index contributed by atoms with van der Waals surface area (Å²) in [6.45, 7) is 3.83. The van der Waals surface area contributed by atoms with E-state index in [0.717, 1.165) is 6.07 Å². The van der Waals surface area contributed by atoms with E-state index in [-0.39, 0.29) is 18.0 Å². The fraction of sp³-hybridized carbons (Fsp3) is 0.261. The largest absolute Gasteiger partial charge is 0.496 e. The second-order valence-corrected chi connectivity index (χ2v) is 7.54. The summed E-state index contributed by atoms with van der Waals surface area (Å²) in [5, 5.41) is 2.73. The number of alkyl halides is 3. The second kappa shape index (κ2) is 8.61. The fourth-order valence-corrected chi connectivity index (χ4v) is 3.61. The number of carbonyl (C=O) groups excluding carboxylic acids is 1. The van der Waals surface area contributed by atoms with Gasteiger partial charge in [0, 0.05) is 24.5 Å². The Bertz CT molecular complexity index is 1210. The number of hydrogen-bond donors (Lipinski definition) is 1. The average Bonchev–Trinajstić information content (AvgIpc) is 3.19. The van der Waals surface area contributed by atoms with Crippen LogP contribution in [0.2, 0.25) is 0 Å². The van der Waals surface area contributed by atoms with E-state index in [1.807, 2.05) is 6.92 Å². The van der Waals surface area contributed by atoms with Crippen LogP contribution < -0.4 is 19.7 Å². The standard InChI is InChI=1S/C23H21F3N4O3/c1-13-9-21(33-19-5-4-7-27-14(19)2)28-12-17(13)29-22(31)30-8-6-15-10-20(32-3)16(11-18(15)30)23(24,25)26/h4-5,7,9-12H,6,8H2,1-3H3,(H,29,31). The summed E-state index contributed by atoms with van der Waals surface area (Å²) in [5.41, 5.74) is 1.71. The molecule has 4 rings (SSSR count). The van der Waals surface area contributed by atoms with Crippen LogP contribution in [0.1, 0.15) is 22.4 Å². The number of hydrogen-bond acceptors (Lipinski definition) is 5. The van der Waals surface area contributed by atoms with Gasteiger partial charge in [0.15, 0.2) is 5.75 Å². The number of methoxy groups -OCH3 is 1. The van der Waals surface area contributed by atoms with E-state index >= 15 is 0 Å². The molecule has 0 spiro atoms. The third-order valence-corrected chi connectivity index (χ3v) is 5.35. The maximum atomic E-state index is 13.4. The third-order valence-electron chi connectivity index (χ3n) is 5.35. The third kappa shape index (κ3) is 4.55. The summed E-state index contributed by atoms with van der Waals surface area (Å²) in [7, 11) is 1.19. The highest BCUT2D eigenvalue weighted by Gasteiger charge is 2.37. The quantitative estimate of drug-likeness (QED) is 0.558. The van der Waals surface area contributed by atoms with Gasteiger partial charge in [0.1, 0.15) is 5.75 Å². The predicted molar refractivity (Wildman–Crippen MR) is 116 cm³/mol. The molecule has 1 aliphatic rings. The van der Waals surface area contributed by atoms with E-state index in [9.17, 15) is 18.0 Å². The maximum absolute atomic E-state index is 13.4. The van der Waals surface area contributed by atoms with Crippen molar-refractivity contribution < 1.29 is 27.4 Å². The maximum Gasteiger partial charge on any atom is 0.420 e. The number of ether oxygens (including phenoxy) is 2. The van der Waals surface area contributed by atoms with Crippen molar-refractivity contribution >= 4 is 17.4 Å². The lowest BCUT2D eigenvalue weighted by atomic mass is 10.1. The first kappa shape index (κ1) is 22.4. The van der Waals surface area contributed by atoms with Crippen molar-refractivity contribution in [3.05, 3.63) is 65.1 Å². The molecule has 0 atom stereocenters. The molecular weight excluding hydrogens is 437 g/mol. The smallest absolute Gasteiger partial charge is 0.420 e.